The van der Waals surface area contributed by atoms with Crippen molar-refractivity contribution in [1.82, 2.24) is 9.80 Å². The molecule has 4 nitrogen and oxygen atoms in total. The largest absolute Gasteiger partial charge is 0.390 e. The third-order valence-electron chi connectivity index (χ3n) is 6.12. The van der Waals surface area contributed by atoms with E-state index in [-0.39, 0.29) is 11.9 Å². The maximum atomic E-state index is 12.7. The lowest BCUT2D eigenvalue weighted by molar-refractivity contribution is 0.0587. The lowest BCUT2D eigenvalue weighted by atomic mass is 9.89. The first-order valence-corrected chi connectivity index (χ1v) is 10.5. The molecular formula is C23H27ClN2O2. The summed E-state index contributed by atoms with van der Waals surface area (Å²) in [5.74, 6) is 0.668. The summed E-state index contributed by atoms with van der Waals surface area (Å²) in [5, 5.41) is 11.2. The number of likely N-dealkylation sites (tertiary alicyclic amines) is 2. The summed E-state index contributed by atoms with van der Waals surface area (Å²) in [4.78, 5) is 16.9. The average molecular weight is 399 g/mol. The normalized spacial score (nSPS) is 23.9. The zero-order valence-corrected chi connectivity index (χ0v) is 16.8. The fourth-order valence-corrected chi connectivity index (χ4v) is 4.63. The number of β-amino-alcohol motifs (C(OH)–C–C–N with tert-alkyl or cyclic N) is 1. The van der Waals surface area contributed by atoms with Crippen LogP contribution in [0.1, 0.15) is 28.8 Å². The molecule has 0 bridgehead atoms. The molecule has 148 valence electrons. The van der Waals surface area contributed by atoms with Crippen LogP contribution in [0, 0.1) is 5.92 Å². The molecule has 4 rings (SSSR count). The number of aliphatic hydroxyl groups is 1. The van der Waals surface area contributed by atoms with Gasteiger partial charge in [-0.25, -0.2) is 0 Å². The highest BCUT2D eigenvalue weighted by atomic mass is 35.5. The van der Waals surface area contributed by atoms with Gasteiger partial charge in [0.15, 0.2) is 0 Å². The number of hydrogen-bond donors (Lipinski definition) is 1. The summed E-state index contributed by atoms with van der Waals surface area (Å²) >= 11 is 5.92. The Morgan fingerprint density at radius 1 is 1.00 bits per heavy atom. The molecule has 2 aromatic carbocycles. The van der Waals surface area contributed by atoms with E-state index in [1.165, 1.54) is 5.56 Å². The van der Waals surface area contributed by atoms with E-state index in [9.17, 15) is 9.90 Å². The fraction of sp³-hybridized carbons (Fsp3) is 0.435. The predicted octanol–water partition coefficient (Wildman–Crippen LogP) is 3.48. The van der Waals surface area contributed by atoms with Gasteiger partial charge in [0.2, 0.25) is 0 Å². The molecular weight excluding hydrogens is 372 g/mol. The average Bonchev–Trinajstić information content (AvgIpc) is 3.11. The second-order valence-electron chi connectivity index (χ2n) is 8.02. The maximum absolute atomic E-state index is 12.7. The Morgan fingerprint density at radius 2 is 1.68 bits per heavy atom. The van der Waals surface area contributed by atoms with Crippen molar-refractivity contribution in [1.29, 1.82) is 0 Å². The number of piperidine rings is 1. The first kappa shape index (κ1) is 19.4. The van der Waals surface area contributed by atoms with Crippen LogP contribution in [0.4, 0.5) is 0 Å². The fourth-order valence-electron chi connectivity index (χ4n) is 4.51. The quantitative estimate of drug-likeness (QED) is 0.857. The van der Waals surface area contributed by atoms with Crippen LogP contribution < -0.4 is 0 Å². The Hall–Kier alpha value is -1.88. The van der Waals surface area contributed by atoms with Crippen LogP contribution >= 0.6 is 11.6 Å². The van der Waals surface area contributed by atoms with Crippen LogP contribution in [0.5, 0.6) is 0 Å². The van der Waals surface area contributed by atoms with Crippen molar-refractivity contribution in [3.05, 3.63) is 70.7 Å². The number of nitrogens with zero attached hydrogens (tertiary/aromatic N) is 2. The molecule has 0 saturated carbocycles. The van der Waals surface area contributed by atoms with Gasteiger partial charge in [0, 0.05) is 23.7 Å². The molecule has 0 aliphatic carbocycles. The Labute approximate surface area is 171 Å². The summed E-state index contributed by atoms with van der Waals surface area (Å²) in [5.41, 5.74) is 2.03. The van der Waals surface area contributed by atoms with Crippen molar-refractivity contribution < 1.29 is 9.90 Å². The SMILES string of the molecule is O=C(c1ccc(Cl)cc1)N1CC(O)[C@H](N2CCC(Cc3ccccc3)CC2)C1. The molecule has 0 radical (unpaired) electrons. The number of carbonyl (C=O) groups excluding carboxylic acids is 1. The number of rotatable bonds is 4. The second kappa shape index (κ2) is 8.64. The highest BCUT2D eigenvalue weighted by Crippen LogP contribution is 2.27. The molecule has 2 saturated heterocycles. The number of carbonyl (C=O) groups is 1. The number of hydrogen-bond acceptors (Lipinski definition) is 3. The molecule has 0 spiro atoms. The van der Waals surface area contributed by atoms with Crippen LogP contribution in [-0.4, -0.2) is 59.1 Å². The predicted molar refractivity (Wildman–Crippen MR) is 112 cm³/mol. The van der Waals surface area contributed by atoms with Gasteiger partial charge in [-0.05, 0) is 68.1 Å². The molecule has 0 aromatic heterocycles. The number of benzene rings is 2. The summed E-state index contributed by atoms with van der Waals surface area (Å²) in [6, 6.07) is 17.7. The molecule has 2 aliphatic heterocycles. The topological polar surface area (TPSA) is 43.8 Å². The minimum absolute atomic E-state index is 0.0304. The number of amides is 1. The van der Waals surface area contributed by atoms with E-state index >= 15 is 0 Å². The summed E-state index contributed by atoms with van der Waals surface area (Å²) in [6.45, 7) is 2.96. The monoisotopic (exact) mass is 398 g/mol. The van der Waals surface area contributed by atoms with E-state index in [0.29, 0.717) is 29.6 Å². The lowest BCUT2D eigenvalue weighted by Crippen LogP contribution is -2.47. The minimum atomic E-state index is -0.484. The van der Waals surface area contributed by atoms with Gasteiger partial charge in [0.05, 0.1) is 12.1 Å². The molecule has 5 heteroatoms. The van der Waals surface area contributed by atoms with Crippen LogP contribution in [-0.2, 0) is 6.42 Å². The van der Waals surface area contributed by atoms with Crippen molar-refractivity contribution in [2.45, 2.75) is 31.4 Å². The van der Waals surface area contributed by atoms with Gasteiger partial charge in [0.1, 0.15) is 0 Å². The molecule has 28 heavy (non-hydrogen) atoms. The highest BCUT2D eigenvalue weighted by molar-refractivity contribution is 6.30. The van der Waals surface area contributed by atoms with E-state index in [1.54, 1.807) is 29.2 Å². The first-order chi connectivity index (χ1) is 13.6. The maximum Gasteiger partial charge on any atom is 0.253 e. The molecule has 2 fully saturated rings. The molecule has 1 unspecified atom stereocenters. The second-order valence-corrected chi connectivity index (χ2v) is 8.46. The Morgan fingerprint density at radius 3 is 2.36 bits per heavy atom. The summed E-state index contributed by atoms with van der Waals surface area (Å²) < 4.78 is 0. The first-order valence-electron chi connectivity index (χ1n) is 10.1. The third kappa shape index (κ3) is 4.40. The van der Waals surface area contributed by atoms with E-state index in [4.69, 9.17) is 11.6 Å². The van der Waals surface area contributed by atoms with E-state index < -0.39 is 6.10 Å². The van der Waals surface area contributed by atoms with E-state index in [2.05, 4.69) is 35.2 Å². The van der Waals surface area contributed by atoms with Gasteiger partial charge in [-0.2, -0.15) is 0 Å². The lowest BCUT2D eigenvalue weighted by Gasteiger charge is -2.37. The van der Waals surface area contributed by atoms with E-state index in [1.807, 2.05) is 0 Å². The Kier molecular flexibility index (Phi) is 6.00. The van der Waals surface area contributed by atoms with Gasteiger partial charge in [-0.1, -0.05) is 41.9 Å². The van der Waals surface area contributed by atoms with Crippen molar-refractivity contribution in [3.8, 4) is 0 Å². The van der Waals surface area contributed by atoms with Gasteiger partial charge < -0.3 is 10.0 Å². The number of aliphatic hydroxyl groups excluding tert-OH is 1. The van der Waals surface area contributed by atoms with Crippen LogP contribution in [0.3, 0.4) is 0 Å². The highest BCUT2D eigenvalue weighted by Gasteiger charge is 2.39. The Bertz CT molecular complexity index is 788. The van der Waals surface area contributed by atoms with Crippen LogP contribution in [0.2, 0.25) is 5.02 Å². The van der Waals surface area contributed by atoms with Crippen molar-refractivity contribution in [2.24, 2.45) is 5.92 Å². The van der Waals surface area contributed by atoms with Crippen molar-refractivity contribution in [3.63, 3.8) is 0 Å². The van der Waals surface area contributed by atoms with Crippen molar-refractivity contribution in [2.75, 3.05) is 26.2 Å². The van der Waals surface area contributed by atoms with Gasteiger partial charge in [0.25, 0.3) is 5.91 Å². The zero-order chi connectivity index (χ0) is 19.5. The Balaban J connectivity index is 1.32. The molecule has 2 aromatic rings. The van der Waals surface area contributed by atoms with Crippen LogP contribution in [0.15, 0.2) is 54.6 Å². The summed E-state index contributed by atoms with van der Waals surface area (Å²) in [6.07, 6.45) is 2.93. The zero-order valence-electron chi connectivity index (χ0n) is 16.0. The minimum Gasteiger partial charge on any atom is -0.390 e. The van der Waals surface area contributed by atoms with E-state index in [0.717, 1.165) is 32.4 Å². The van der Waals surface area contributed by atoms with Gasteiger partial charge in [-0.15, -0.1) is 0 Å². The molecule has 1 amide bonds. The molecule has 1 N–H and O–H groups in total. The van der Waals surface area contributed by atoms with Crippen LogP contribution in [0.25, 0.3) is 0 Å². The molecule has 2 heterocycles. The van der Waals surface area contributed by atoms with Crippen molar-refractivity contribution >= 4 is 17.5 Å². The third-order valence-corrected chi connectivity index (χ3v) is 6.37. The van der Waals surface area contributed by atoms with Gasteiger partial charge >= 0.3 is 0 Å². The smallest absolute Gasteiger partial charge is 0.253 e. The van der Waals surface area contributed by atoms with Gasteiger partial charge in [-0.3, -0.25) is 9.69 Å². The standard InChI is InChI=1S/C23H27ClN2O2/c24-20-8-6-19(7-9-20)23(28)26-15-21(22(27)16-26)25-12-10-18(11-13-25)14-17-4-2-1-3-5-17/h1-9,18,21-22,27H,10-16H2/t21-,22?/m1/s1. The molecule has 2 aliphatic rings. The summed E-state index contributed by atoms with van der Waals surface area (Å²) in [7, 11) is 0. The molecule has 2 atom stereocenters. The number of halogens is 1.